The fraction of sp³-hybridized carbons (Fsp3) is 0.130. The second-order valence-corrected chi connectivity index (χ2v) is 11.8. The van der Waals surface area contributed by atoms with Gasteiger partial charge in [0.15, 0.2) is 0 Å². The van der Waals surface area contributed by atoms with Gasteiger partial charge in [-0.15, -0.1) is 0 Å². The van der Waals surface area contributed by atoms with Crippen molar-refractivity contribution in [2.24, 2.45) is 0 Å². The van der Waals surface area contributed by atoms with E-state index in [2.05, 4.69) is 4.72 Å². The number of alkyl halides is 3. The maximum Gasteiger partial charge on any atom is 0.241 e. The predicted molar refractivity (Wildman–Crippen MR) is 132 cm³/mol. The highest BCUT2D eigenvalue weighted by Crippen LogP contribution is 2.43. The van der Waals surface area contributed by atoms with Crippen molar-refractivity contribution in [3.63, 3.8) is 0 Å². The molecule has 1 N–H and O–H groups in total. The third-order valence-electron chi connectivity index (χ3n) is 5.05. The molecule has 1 aromatic heterocycles. The zero-order chi connectivity index (χ0) is 22.9. The van der Waals surface area contributed by atoms with Gasteiger partial charge < -0.3 is 4.57 Å². The van der Waals surface area contributed by atoms with Crippen molar-refractivity contribution in [2.45, 2.75) is 21.3 Å². The van der Waals surface area contributed by atoms with Crippen molar-refractivity contribution >= 4 is 67.3 Å². The number of hydrogen-bond donors (Lipinski definition) is 1. The largest absolute Gasteiger partial charge is 0.343 e. The van der Waals surface area contributed by atoms with Crippen LogP contribution in [0.15, 0.2) is 90.0 Å². The van der Waals surface area contributed by atoms with E-state index >= 15 is 0 Å². The third-order valence-corrected chi connectivity index (χ3v) is 7.40. The van der Waals surface area contributed by atoms with Crippen LogP contribution in [0, 0.1) is 0 Å². The van der Waals surface area contributed by atoms with Gasteiger partial charge in [-0.1, -0.05) is 94.9 Å². The standard InChI is InChI=1S/C23H18Cl4N2O2S/c24-17-10-12-18(13-11-17)32(30,31)28-22(23(25,26)27)20-15-29(14-16-6-2-1-3-7-16)21-9-5-4-8-19(20)21/h1-13,15,22,28H,14H2. The van der Waals surface area contributed by atoms with Gasteiger partial charge in [-0.3, -0.25) is 0 Å². The fourth-order valence-corrected chi connectivity index (χ4v) is 5.64. The molecule has 4 aromatic rings. The number of nitrogens with one attached hydrogen (secondary N) is 1. The molecule has 0 spiro atoms. The second kappa shape index (κ2) is 9.26. The molecule has 1 atom stereocenters. The molecule has 4 rings (SSSR count). The number of para-hydroxylation sites is 1. The molecule has 1 unspecified atom stereocenters. The van der Waals surface area contributed by atoms with Crippen molar-refractivity contribution < 1.29 is 8.42 Å². The predicted octanol–water partition coefficient (Wildman–Crippen LogP) is 6.73. The summed E-state index contributed by atoms with van der Waals surface area (Å²) < 4.78 is 28.8. The van der Waals surface area contributed by atoms with Crippen LogP contribution in [0.5, 0.6) is 0 Å². The average Bonchev–Trinajstić information content (AvgIpc) is 3.10. The zero-order valence-corrected chi connectivity index (χ0v) is 20.4. The number of sulfonamides is 1. The first-order valence-corrected chi connectivity index (χ1v) is 12.6. The lowest BCUT2D eigenvalue weighted by Crippen LogP contribution is -2.36. The van der Waals surface area contributed by atoms with Gasteiger partial charge in [0, 0.05) is 28.7 Å². The number of halogens is 4. The molecule has 4 nitrogen and oxygen atoms in total. The first-order chi connectivity index (χ1) is 15.1. The van der Waals surface area contributed by atoms with Crippen LogP contribution in [-0.2, 0) is 16.6 Å². The maximum absolute atomic E-state index is 13.1. The monoisotopic (exact) mass is 526 g/mol. The van der Waals surface area contributed by atoms with Crippen LogP contribution in [0.2, 0.25) is 5.02 Å². The number of aromatic nitrogens is 1. The van der Waals surface area contributed by atoms with E-state index in [4.69, 9.17) is 46.4 Å². The van der Waals surface area contributed by atoms with Gasteiger partial charge in [0.25, 0.3) is 0 Å². The molecule has 166 valence electrons. The van der Waals surface area contributed by atoms with Crippen molar-refractivity contribution in [1.29, 1.82) is 0 Å². The van der Waals surface area contributed by atoms with Crippen LogP contribution in [0.1, 0.15) is 17.2 Å². The third kappa shape index (κ3) is 5.09. The van der Waals surface area contributed by atoms with Gasteiger partial charge >= 0.3 is 0 Å². The average molecular weight is 528 g/mol. The Bertz CT molecular complexity index is 1330. The molecule has 32 heavy (non-hydrogen) atoms. The van der Waals surface area contributed by atoms with Gasteiger partial charge in [-0.2, -0.15) is 4.72 Å². The Hall–Kier alpha value is -1.73. The van der Waals surface area contributed by atoms with Crippen LogP contribution in [-0.4, -0.2) is 16.8 Å². The molecule has 0 aliphatic heterocycles. The van der Waals surface area contributed by atoms with Crippen LogP contribution in [0.4, 0.5) is 0 Å². The number of hydrogen-bond acceptors (Lipinski definition) is 2. The summed E-state index contributed by atoms with van der Waals surface area (Å²) in [5.41, 5.74) is 2.55. The van der Waals surface area contributed by atoms with Gasteiger partial charge in [0.05, 0.1) is 10.9 Å². The van der Waals surface area contributed by atoms with Crippen LogP contribution in [0.3, 0.4) is 0 Å². The van der Waals surface area contributed by atoms with Gasteiger partial charge in [-0.05, 0) is 41.5 Å². The first-order valence-electron chi connectivity index (χ1n) is 9.61. The van der Waals surface area contributed by atoms with Crippen molar-refractivity contribution in [3.8, 4) is 0 Å². The van der Waals surface area contributed by atoms with Crippen molar-refractivity contribution in [1.82, 2.24) is 9.29 Å². The minimum absolute atomic E-state index is 0.0224. The molecule has 0 saturated carbocycles. The van der Waals surface area contributed by atoms with Gasteiger partial charge in [0.1, 0.15) is 0 Å². The summed E-state index contributed by atoms with van der Waals surface area (Å²) >= 11 is 24.8. The fourth-order valence-electron chi connectivity index (χ4n) is 3.56. The van der Waals surface area contributed by atoms with E-state index < -0.39 is 19.9 Å². The van der Waals surface area contributed by atoms with E-state index in [1.807, 2.05) is 65.4 Å². The lowest BCUT2D eigenvalue weighted by molar-refractivity contribution is 0.559. The highest BCUT2D eigenvalue weighted by atomic mass is 35.6. The molecule has 0 saturated heterocycles. The Morgan fingerprint density at radius 3 is 2.16 bits per heavy atom. The van der Waals surface area contributed by atoms with Crippen LogP contribution >= 0.6 is 46.4 Å². The van der Waals surface area contributed by atoms with Gasteiger partial charge in [-0.25, -0.2) is 8.42 Å². The molecule has 1 heterocycles. The summed E-state index contributed by atoms with van der Waals surface area (Å²) in [6.07, 6.45) is 1.83. The molecule has 0 aliphatic carbocycles. The van der Waals surface area contributed by atoms with E-state index in [1.165, 1.54) is 24.3 Å². The Morgan fingerprint density at radius 2 is 1.50 bits per heavy atom. The first kappa shape index (κ1) is 23.4. The van der Waals surface area contributed by atoms with Crippen LogP contribution < -0.4 is 4.72 Å². The summed E-state index contributed by atoms with van der Waals surface area (Å²) in [6, 6.07) is 22.2. The molecule has 0 amide bonds. The molecule has 0 fully saturated rings. The molecular formula is C23H18Cl4N2O2S. The molecule has 0 aliphatic rings. The smallest absolute Gasteiger partial charge is 0.241 e. The Morgan fingerprint density at radius 1 is 0.875 bits per heavy atom. The number of nitrogens with zero attached hydrogens (tertiary/aromatic N) is 1. The molecular weight excluding hydrogens is 510 g/mol. The van der Waals surface area contributed by atoms with Crippen molar-refractivity contribution in [3.05, 3.63) is 101 Å². The van der Waals surface area contributed by atoms with E-state index in [1.54, 1.807) is 0 Å². The van der Waals surface area contributed by atoms with E-state index in [-0.39, 0.29) is 4.90 Å². The quantitative estimate of drug-likeness (QED) is 0.282. The van der Waals surface area contributed by atoms with E-state index in [0.29, 0.717) is 17.1 Å². The van der Waals surface area contributed by atoms with Gasteiger partial charge in [0.2, 0.25) is 13.8 Å². The summed E-state index contributed by atoms with van der Waals surface area (Å²) in [5.74, 6) is 0. The normalized spacial score (nSPS) is 13.4. The number of benzene rings is 3. The van der Waals surface area contributed by atoms with E-state index in [9.17, 15) is 8.42 Å². The lowest BCUT2D eigenvalue weighted by Gasteiger charge is -2.25. The molecule has 9 heteroatoms. The molecule has 3 aromatic carbocycles. The number of fused-ring (bicyclic) bond motifs is 1. The Labute approximate surface area is 206 Å². The summed E-state index contributed by atoms with van der Waals surface area (Å²) in [6.45, 7) is 0.581. The van der Waals surface area contributed by atoms with Crippen molar-refractivity contribution in [2.75, 3.05) is 0 Å². The SMILES string of the molecule is O=S(=O)(NC(c1cn(Cc2ccccc2)c2ccccc12)C(Cl)(Cl)Cl)c1ccc(Cl)cc1. The topological polar surface area (TPSA) is 51.1 Å². The summed E-state index contributed by atoms with van der Waals surface area (Å²) in [4.78, 5) is 0.0224. The minimum Gasteiger partial charge on any atom is -0.343 e. The summed E-state index contributed by atoms with van der Waals surface area (Å²) in [7, 11) is -4.00. The number of rotatable bonds is 6. The Kier molecular flexibility index (Phi) is 6.78. The highest BCUT2D eigenvalue weighted by Gasteiger charge is 2.39. The zero-order valence-electron chi connectivity index (χ0n) is 16.6. The van der Waals surface area contributed by atoms with Crippen LogP contribution in [0.25, 0.3) is 10.9 Å². The maximum atomic E-state index is 13.1. The second-order valence-electron chi connectivity index (χ2n) is 7.26. The Balaban J connectivity index is 1.79. The lowest BCUT2D eigenvalue weighted by atomic mass is 10.1. The summed E-state index contributed by atoms with van der Waals surface area (Å²) in [5, 5.41) is 1.21. The van der Waals surface area contributed by atoms with E-state index in [0.717, 1.165) is 16.5 Å². The highest BCUT2D eigenvalue weighted by molar-refractivity contribution is 7.89. The molecule has 0 bridgehead atoms. The minimum atomic E-state index is -4.00. The molecule has 0 radical (unpaired) electrons.